The van der Waals surface area contributed by atoms with Crippen molar-refractivity contribution in [2.45, 2.75) is 19.4 Å². The van der Waals surface area contributed by atoms with E-state index in [-0.39, 0.29) is 18.1 Å². The number of hydrogen-bond donors (Lipinski definition) is 2. The van der Waals surface area contributed by atoms with E-state index >= 15 is 0 Å². The quantitative estimate of drug-likeness (QED) is 0.641. The lowest BCUT2D eigenvalue weighted by atomic mass is 10.0. The first kappa shape index (κ1) is 19.9. The number of ether oxygens (including phenoxy) is 1. The number of carbonyl (C=O) groups is 2. The zero-order valence-electron chi connectivity index (χ0n) is 15.6. The maximum absolute atomic E-state index is 13.7. The molecule has 3 N–H and O–H groups in total. The number of aromatic nitrogens is 2. The van der Waals surface area contributed by atoms with Gasteiger partial charge < -0.3 is 15.8 Å². The highest BCUT2D eigenvalue weighted by atomic mass is 19.1. The number of benzene rings is 2. The highest BCUT2D eigenvalue weighted by Gasteiger charge is 2.15. The molecule has 7 nitrogen and oxygen atoms in total. The van der Waals surface area contributed by atoms with E-state index in [0.29, 0.717) is 17.0 Å². The Morgan fingerprint density at radius 3 is 2.59 bits per heavy atom. The number of nitrogens with two attached hydrogens (primary N) is 1. The SMILES string of the molecule is CC(NC(=O)Cc1cncnc1-c1ccc(Oc2ccccc2F)cc1)C(N)=O. The smallest absolute Gasteiger partial charge is 0.239 e. The summed E-state index contributed by atoms with van der Waals surface area (Å²) < 4.78 is 19.3. The minimum atomic E-state index is -0.773. The lowest BCUT2D eigenvalue weighted by Crippen LogP contribution is -2.42. The molecule has 29 heavy (non-hydrogen) atoms. The average molecular weight is 394 g/mol. The van der Waals surface area contributed by atoms with Gasteiger partial charge in [-0.1, -0.05) is 12.1 Å². The van der Waals surface area contributed by atoms with Gasteiger partial charge in [0.1, 0.15) is 18.1 Å². The third-order valence-electron chi connectivity index (χ3n) is 4.14. The van der Waals surface area contributed by atoms with Crippen LogP contribution in [0.3, 0.4) is 0 Å². The molecule has 3 rings (SSSR count). The zero-order chi connectivity index (χ0) is 20.8. The molecule has 0 spiro atoms. The van der Waals surface area contributed by atoms with Gasteiger partial charge in [-0.3, -0.25) is 9.59 Å². The van der Waals surface area contributed by atoms with Crippen molar-refractivity contribution < 1.29 is 18.7 Å². The zero-order valence-corrected chi connectivity index (χ0v) is 15.6. The summed E-state index contributed by atoms with van der Waals surface area (Å²) in [4.78, 5) is 31.5. The predicted octanol–water partition coefficient (Wildman–Crippen LogP) is 2.61. The summed E-state index contributed by atoms with van der Waals surface area (Å²) in [5, 5.41) is 2.52. The van der Waals surface area contributed by atoms with Gasteiger partial charge >= 0.3 is 0 Å². The number of nitrogens with one attached hydrogen (secondary N) is 1. The van der Waals surface area contributed by atoms with Crippen LogP contribution in [0, 0.1) is 5.82 Å². The highest BCUT2D eigenvalue weighted by Crippen LogP contribution is 2.27. The molecule has 2 aromatic carbocycles. The summed E-state index contributed by atoms with van der Waals surface area (Å²) in [6.45, 7) is 1.51. The van der Waals surface area contributed by atoms with Gasteiger partial charge in [-0.25, -0.2) is 14.4 Å². The largest absolute Gasteiger partial charge is 0.454 e. The minimum absolute atomic E-state index is 0.0126. The van der Waals surface area contributed by atoms with Gasteiger partial charge in [0, 0.05) is 17.3 Å². The van der Waals surface area contributed by atoms with Crippen molar-refractivity contribution in [3.05, 3.63) is 72.4 Å². The lowest BCUT2D eigenvalue weighted by Gasteiger charge is -2.12. The van der Waals surface area contributed by atoms with Crippen LogP contribution in [0.4, 0.5) is 4.39 Å². The second-order valence-corrected chi connectivity index (χ2v) is 6.32. The second kappa shape index (κ2) is 8.92. The first-order chi connectivity index (χ1) is 13.9. The number of hydrogen-bond acceptors (Lipinski definition) is 5. The molecule has 0 fully saturated rings. The summed E-state index contributed by atoms with van der Waals surface area (Å²) in [6.07, 6.45) is 2.91. The first-order valence-electron chi connectivity index (χ1n) is 8.84. The molecular formula is C21H19FN4O3. The normalized spacial score (nSPS) is 11.5. The molecule has 0 saturated heterocycles. The Bertz CT molecular complexity index is 1020. The van der Waals surface area contributed by atoms with Crippen LogP contribution in [0.15, 0.2) is 61.1 Å². The monoisotopic (exact) mass is 394 g/mol. The number of primary amides is 1. The standard InChI is InChI=1S/C21H19FN4O3/c1-13(21(23)28)26-19(27)10-15-11-24-12-25-20(15)14-6-8-16(9-7-14)29-18-5-3-2-4-17(18)22/h2-9,11-13H,10H2,1H3,(H2,23,28)(H,26,27). The molecule has 0 aliphatic heterocycles. The fourth-order valence-corrected chi connectivity index (χ4v) is 2.62. The van der Waals surface area contributed by atoms with E-state index in [1.54, 1.807) is 42.6 Å². The highest BCUT2D eigenvalue weighted by molar-refractivity contribution is 5.87. The fraction of sp³-hybridized carbons (Fsp3) is 0.143. The number of rotatable bonds is 7. The van der Waals surface area contributed by atoms with Crippen LogP contribution in [-0.4, -0.2) is 27.8 Å². The molecule has 0 bridgehead atoms. The van der Waals surface area contributed by atoms with E-state index < -0.39 is 17.8 Å². The maximum Gasteiger partial charge on any atom is 0.239 e. The average Bonchev–Trinajstić information content (AvgIpc) is 2.70. The van der Waals surface area contributed by atoms with Crippen LogP contribution >= 0.6 is 0 Å². The summed E-state index contributed by atoms with van der Waals surface area (Å²) >= 11 is 0. The van der Waals surface area contributed by atoms with Crippen molar-refractivity contribution in [3.63, 3.8) is 0 Å². The Morgan fingerprint density at radius 1 is 1.17 bits per heavy atom. The molecule has 148 valence electrons. The van der Waals surface area contributed by atoms with Crippen LogP contribution < -0.4 is 15.8 Å². The molecule has 0 radical (unpaired) electrons. The van der Waals surface area contributed by atoms with Gasteiger partial charge in [0.25, 0.3) is 0 Å². The van der Waals surface area contributed by atoms with E-state index in [4.69, 9.17) is 10.5 Å². The van der Waals surface area contributed by atoms with Gasteiger partial charge in [-0.15, -0.1) is 0 Å². The van der Waals surface area contributed by atoms with Crippen LogP contribution in [0.1, 0.15) is 12.5 Å². The summed E-state index contributed by atoms with van der Waals surface area (Å²) in [5.74, 6) is -0.850. The Labute approximate surface area is 166 Å². The molecule has 8 heteroatoms. The van der Waals surface area contributed by atoms with Crippen molar-refractivity contribution in [2.75, 3.05) is 0 Å². The molecule has 0 saturated carbocycles. The number of nitrogens with zero attached hydrogens (tertiary/aromatic N) is 2. The third-order valence-corrected chi connectivity index (χ3v) is 4.14. The molecule has 1 atom stereocenters. The molecule has 3 aromatic rings. The number of halogens is 1. The van der Waals surface area contributed by atoms with Gasteiger partial charge in [0.05, 0.1) is 12.1 Å². The van der Waals surface area contributed by atoms with Crippen molar-refractivity contribution in [1.29, 1.82) is 0 Å². The predicted molar refractivity (Wildman–Crippen MR) is 104 cm³/mol. The molecule has 0 aliphatic rings. The Balaban J connectivity index is 1.76. The molecule has 2 amide bonds. The van der Waals surface area contributed by atoms with Crippen LogP contribution in [-0.2, 0) is 16.0 Å². The molecule has 1 aromatic heterocycles. The topological polar surface area (TPSA) is 107 Å². The fourth-order valence-electron chi connectivity index (χ4n) is 2.62. The van der Waals surface area contributed by atoms with E-state index in [9.17, 15) is 14.0 Å². The van der Waals surface area contributed by atoms with Crippen molar-refractivity contribution in [2.24, 2.45) is 5.73 Å². The minimum Gasteiger partial charge on any atom is -0.454 e. The lowest BCUT2D eigenvalue weighted by molar-refractivity contribution is -0.126. The first-order valence-corrected chi connectivity index (χ1v) is 8.84. The van der Waals surface area contributed by atoms with Gasteiger partial charge in [0.2, 0.25) is 11.8 Å². The van der Waals surface area contributed by atoms with Crippen molar-refractivity contribution in [1.82, 2.24) is 15.3 Å². The van der Waals surface area contributed by atoms with Crippen LogP contribution in [0.2, 0.25) is 0 Å². The Kier molecular flexibility index (Phi) is 6.13. The van der Waals surface area contributed by atoms with Gasteiger partial charge in [0.15, 0.2) is 11.6 Å². The number of carbonyl (C=O) groups excluding carboxylic acids is 2. The summed E-state index contributed by atoms with van der Waals surface area (Å²) in [6, 6.07) is 12.2. The third kappa shape index (κ3) is 5.13. The Morgan fingerprint density at radius 2 is 1.90 bits per heavy atom. The van der Waals surface area contributed by atoms with E-state index in [0.717, 1.165) is 5.56 Å². The van der Waals surface area contributed by atoms with Crippen LogP contribution in [0.5, 0.6) is 11.5 Å². The second-order valence-electron chi connectivity index (χ2n) is 6.32. The molecule has 0 aliphatic carbocycles. The van der Waals surface area contributed by atoms with Crippen LogP contribution in [0.25, 0.3) is 11.3 Å². The number of para-hydroxylation sites is 1. The van der Waals surface area contributed by atoms with E-state index in [2.05, 4.69) is 15.3 Å². The maximum atomic E-state index is 13.7. The van der Waals surface area contributed by atoms with Gasteiger partial charge in [-0.2, -0.15) is 0 Å². The van der Waals surface area contributed by atoms with Crippen molar-refractivity contribution >= 4 is 11.8 Å². The molecule has 1 heterocycles. The van der Waals surface area contributed by atoms with Crippen molar-refractivity contribution in [3.8, 4) is 22.8 Å². The Hall–Kier alpha value is -3.81. The summed E-state index contributed by atoms with van der Waals surface area (Å²) in [5.41, 5.74) is 7.06. The number of amides is 2. The molecule has 1 unspecified atom stereocenters. The van der Waals surface area contributed by atoms with E-state index in [1.807, 2.05) is 0 Å². The summed E-state index contributed by atoms with van der Waals surface area (Å²) in [7, 11) is 0. The van der Waals surface area contributed by atoms with E-state index in [1.165, 1.54) is 25.4 Å². The van der Waals surface area contributed by atoms with Gasteiger partial charge in [-0.05, 0) is 43.3 Å². The molecular weight excluding hydrogens is 375 g/mol.